The smallest absolute Gasteiger partial charge is 0.335 e. The molecule has 7 nitrogen and oxygen atoms in total. The van der Waals surface area contributed by atoms with Crippen molar-refractivity contribution in [3.63, 3.8) is 0 Å². The zero-order chi connectivity index (χ0) is 22.1. The molecule has 2 aromatic rings. The fourth-order valence-corrected chi connectivity index (χ4v) is 4.75. The molecule has 0 radical (unpaired) electrons. The molecule has 0 spiro atoms. The van der Waals surface area contributed by atoms with Crippen molar-refractivity contribution in [1.82, 2.24) is 5.32 Å². The Morgan fingerprint density at radius 3 is 2.20 bits per heavy atom. The number of carbonyl (C=O) groups excluding carboxylic acids is 1. The predicted molar refractivity (Wildman–Crippen MR) is 115 cm³/mol. The van der Waals surface area contributed by atoms with Gasteiger partial charge in [0.25, 0.3) is 5.91 Å². The lowest BCUT2D eigenvalue weighted by molar-refractivity contribution is -0.139. The fourth-order valence-electron chi connectivity index (χ4n) is 2.83. The average Bonchev–Trinajstić information content (AvgIpc) is 2.69. The summed E-state index contributed by atoms with van der Waals surface area (Å²) in [7, 11) is -3.25. The van der Waals surface area contributed by atoms with Gasteiger partial charge in [-0.3, -0.25) is 9.36 Å². The number of benzene rings is 2. The molecule has 162 valence electrons. The van der Waals surface area contributed by atoms with Crippen molar-refractivity contribution in [3.05, 3.63) is 70.2 Å². The van der Waals surface area contributed by atoms with Crippen molar-refractivity contribution in [2.45, 2.75) is 32.5 Å². The van der Waals surface area contributed by atoms with Gasteiger partial charge >= 0.3 is 13.6 Å². The highest BCUT2D eigenvalue weighted by molar-refractivity contribution is 7.53. The molecule has 0 aliphatic rings. The van der Waals surface area contributed by atoms with Crippen molar-refractivity contribution in [2.24, 2.45) is 0 Å². The predicted octanol–water partition coefficient (Wildman–Crippen LogP) is 4.53. The summed E-state index contributed by atoms with van der Waals surface area (Å²) in [4.78, 5) is 24.1. The SMILES string of the molecule is CCOP(=O)(Cc1ccc(C(=O)N[C@@H](Cc2ccccc2Cl)C(=O)O)cc1)OCC. The van der Waals surface area contributed by atoms with Gasteiger partial charge in [-0.05, 0) is 43.2 Å². The van der Waals surface area contributed by atoms with Crippen LogP contribution in [0.1, 0.15) is 35.3 Å². The molecule has 0 aliphatic heterocycles. The molecule has 0 unspecified atom stereocenters. The Morgan fingerprint density at radius 1 is 1.07 bits per heavy atom. The lowest BCUT2D eigenvalue weighted by Crippen LogP contribution is -2.42. The molecule has 0 saturated heterocycles. The van der Waals surface area contributed by atoms with Gasteiger partial charge in [0.15, 0.2) is 0 Å². The molecule has 0 aliphatic carbocycles. The molecule has 1 atom stereocenters. The molecule has 30 heavy (non-hydrogen) atoms. The van der Waals surface area contributed by atoms with Gasteiger partial charge in [-0.15, -0.1) is 0 Å². The first kappa shape index (κ1) is 24.1. The molecule has 0 aromatic heterocycles. The highest BCUT2D eigenvalue weighted by atomic mass is 35.5. The Hall–Kier alpha value is -2.18. The lowest BCUT2D eigenvalue weighted by atomic mass is 10.1. The van der Waals surface area contributed by atoms with E-state index in [0.29, 0.717) is 16.1 Å². The van der Waals surface area contributed by atoms with Crippen LogP contribution in [0.3, 0.4) is 0 Å². The van der Waals surface area contributed by atoms with Crippen molar-refractivity contribution >= 4 is 31.1 Å². The first-order chi connectivity index (χ1) is 14.3. The first-order valence-corrected chi connectivity index (χ1v) is 11.6. The minimum Gasteiger partial charge on any atom is -0.480 e. The molecule has 0 heterocycles. The maximum Gasteiger partial charge on any atom is 0.335 e. The van der Waals surface area contributed by atoms with Crippen LogP contribution in [0.2, 0.25) is 5.02 Å². The van der Waals surface area contributed by atoms with E-state index in [1.165, 1.54) is 0 Å². The summed E-state index contributed by atoms with van der Waals surface area (Å²) >= 11 is 6.09. The van der Waals surface area contributed by atoms with E-state index >= 15 is 0 Å². The van der Waals surface area contributed by atoms with Crippen LogP contribution >= 0.6 is 19.2 Å². The molecule has 9 heteroatoms. The maximum atomic E-state index is 12.6. The minimum absolute atomic E-state index is 0.0602. The summed E-state index contributed by atoms with van der Waals surface area (Å²) in [5.74, 6) is -1.69. The van der Waals surface area contributed by atoms with Gasteiger partial charge in [0.2, 0.25) is 0 Å². The molecule has 0 saturated carbocycles. The van der Waals surface area contributed by atoms with Gasteiger partial charge in [0.1, 0.15) is 6.04 Å². The van der Waals surface area contributed by atoms with E-state index in [4.69, 9.17) is 20.6 Å². The third-order valence-corrected chi connectivity index (χ3v) is 6.65. The number of hydrogen-bond donors (Lipinski definition) is 2. The summed E-state index contributed by atoms with van der Waals surface area (Å²) in [6.45, 7) is 4.00. The molecule has 0 bridgehead atoms. The van der Waals surface area contributed by atoms with Crippen LogP contribution < -0.4 is 5.32 Å². The highest BCUT2D eigenvalue weighted by Crippen LogP contribution is 2.51. The minimum atomic E-state index is -3.25. The number of carbonyl (C=O) groups is 2. The summed E-state index contributed by atoms with van der Waals surface area (Å²) < 4.78 is 23.2. The monoisotopic (exact) mass is 453 g/mol. The van der Waals surface area contributed by atoms with Crippen LogP contribution in [0.25, 0.3) is 0 Å². The van der Waals surface area contributed by atoms with Crippen molar-refractivity contribution in [1.29, 1.82) is 0 Å². The first-order valence-electron chi connectivity index (χ1n) is 9.52. The second kappa shape index (κ2) is 11.3. The quantitative estimate of drug-likeness (QED) is 0.484. The van der Waals surface area contributed by atoms with E-state index in [2.05, 4.69) is 5.32 Å². The Bertz CT molecular complexity index is 908. The van der Waals surface area contributed by atoms with Crippen LogP contribution in [0.5, 0.6) is 0 Å². The Balaban J connectivity index is 2.07. The number of nitrogens with one attached hydrogen (secondary N) is 1. The van der Waals surface area contributed by atoms with E-state index in [0.717, 1.165) is 0 Å². The molecule has 1 amide bonds. The Kier molecular flexibility index (Phi) is 9.06. The van der Waals surface area contributed by atoms with Gasteiger partial charge in [-0.25, -0.2) is 4.79 Å². The summed E-state index contributed by atoms with van der Waals surface area (Å²) in [6, 6.07) is 12.1. The van der Waals surface area contributed by atoms with E-state index < -0.39 is 25.5 Å². The largest absolute Gasteiger partial charge is 0.480 e. The summed E-state index contributed by atoms with van der Waals surface area (Å²) in [6.07, 6.45) is 0.144. The van der Waals surface area contributed by atoms with Crippen molar-refractivity contribution < 1.29 is 28.3 Å². The molecule has 2 rings (SSSR count). The molecule has 2 N–H and O–H groups in total. The van der Waals surface area contributed by atoms with Crippen LogP contribution in [-0.4, -0.2) is 36.2 Å². The lowest BCUT2D eigenvalue weighted by Gasteiger charge is -2.17. The fraction of sp³-hybridized carbons (Fsp3) is 0.333. The summed E-state index contributed by atoms with van der Waals surface area (Å²) in [5, 5.41) is 12.4. The van der Waals surface area contributed by atoms with Gasteiger partial charge in [0.05, 0.1) is 19.4 Å². The average molecular weight is 454 g/mol. The van der Waals surface area contributed by atoms with E-state index in [1.807, 2.05) is 0 Å². The van der Waals surface area contributed by atoms with Gasteiger partial charge < -0.3 is 19.5 Å². The molecular formula is C21H25ClNO6P. The third kappa shape index (κ3) is 6.96. The molecule has 2 aromatic carbocycles. The topological polar surface area (TPSA) is 102 Å². The Morgan fingerprint density at radius 2 is 1.67 bits per heavy atom. The zero-order valence-corrected chi connectivity index (χ0v) is 18.5. The van der Waals surface area contributed by atoms with Crippen LogP contribution in [0.15, 0.2) is 48.5 Å². The van der Waals surface area contributed by atoms with E-state index in [-0.39, 0.29) is 31.4 Å². The van der Waals surface area contributed by atoms with Crippen LogP contribution in [-0.2, 0) is 31.0 Å². The summed E-state index contributed by atoms with van der Waals surface area (Å²) in [5.41, 5.74) is 1.60. The highest BCUT2D eigenvalue weighted by Gasteiger charge is 2.25. The van der Waals surface area contributed by atoms with Crippen molar-refractivity contribution in [2.75, 3.05) is 13.2 Å². The normalized spacial score (nSPS) is 12.4. The zero-order valence-electron chi connectivity index (χ0n) is 16.8. The third-order valence-electron chi connectivity index (χ3n) is 4.23. The standard InChI is InChI=1S/C21H25ClNO6P/c1-3-28-30(27,29-4-2)14-15-9-11-16(12-10-15)20(24)23-19(21(25)26)13-17-7-5-6-8-18(17)22/h5-12,19H,3-4,13-14H2,1-2H3,(H,23,24)(H,25,26)/t19-/m0/s1. The number of aliphatic carboxylic acids is 1. The van der Waals surface area contributed by atoms with Gasteiger partial charge in [0, 0.05) is 17.0 Å². The Labute approximate surface area is 180 Å². The number of carboxylic acid groups (broad SMARTS) is 1. The van der Waals surface area contributed by atoms with Crippen LogP contribution in [0.4, 0.5) is 0 Å². The van der Waals surface area contributed by atoms with E-state index in [1.54, 1.807) is 62.4 Å². The van der Waals surface area contributed by atoms with Gasteiger partial charge in [-0.1, -0.05) is 41.9 Å². The maximum absolute atomic E-state index is 12.6. The number of rotatable bonds is 11. The van der Waals surface area contributed by atoms with Crippen molar-refractivity contribution in [3.8, 4) is 0 Å². The second-order valence-corrected chi connectivity index (χ2v) is 8.92. The number of hydrogen-bond acceptors (Lipinski definition) is 5. The number of halogens is 1. The number of amides is 1. The molecular weight excluding hydrogens is 429 g/mol. The molecule has 0 fully saturated rings. The van der Waals surface area contributed by atoms with Crippen LogP contribution in [0, 0.1) is 0 Å². The number of carboxylic acids is 1. The van der Waals surface area contributed by atoms with E-state index in [9.17, 15) is 19.3 Å². The second-order valence-electron chi connectivity index (χ2n) is 6.46. The van der Waals surface area contributed by atoms with Gasteiger partial charge in [-0.2, -0.15) is 0 Å².